The predicted molar refractivity (Wildman–Crippen MR) is 103 cm³/mol. The molecular weight excluding hydrogens is 432 g/mol. The molecule has 0 saturated heterocycles. The summed E-state index contributed by atoms with van der Waals surface area (Å²) in [6.07, 6.45) is 0. The first-order chi connectivity index (χ1) is 10.4. The number of sulfone groups is 1. The molecule has 0 fully saturated rings. The van der Waals surface area contributed by atoms with Crippen LogP contribution in [0.25, 0.3) is 0 Å². The van der Waals surface area contributed by atoms with Gasteiger partial charge >= 0.3 is 0 Å². The van der Waals surface area contributed by atoms with Gasteiger partial charge in [-0.05, 0) is 25.0 Å². The van der Waals surface area contributed by atoms with Crippen molar-refractivity contribution in [1.82, 2.24) is 10.6 Å². The van der Waals surface area contributed by atoms with Gasteiger partial charge in [0.15, 0.2) is 15.8 Å². The quantitative estimate of drug-likeness (QED) is 0.375. The first kappa shape index (κ1) is 22.1. The maximum absolute atomic E-state index is 13.6. The molecule has 0 unspecified atom stereocenters. The molecule has 8 heteroatoms. The summed E-state index contributed by atoms with van der Waals surface area (Å²) in [6.45, 7) is 7.54. The van der Waals surface area contributed by atoms with Crippen LogP contribution in [0.15, 0.2) is 34.2 Å². The Balaban J connectivity index is 0.00000484. The van der Waals surface area contributed by atoms with Gasteiger partial charge in [-0.25, -0.2) is 12.8 Å². The van der Waals surface area contributed by atoms with Gasteiger partial charge in [0.1, 0.15) is 10.7 Å². The lowest BCUT2D eigenvalue weighted by Gasteiger charge is -2.12. The molecule has 1 rings (SSSR count). The van der Waals surface area contributed by atoms with E-state index in [0.29, 0.717) is 25.0 Å². The highest BCUT2D eigenvalue weighted by Gasteiger charge is 2.18. The molecule has 23 heavy (non-hydrogen) atoms. The molecule has 0 spiro atoms. The Morgan fingerprint density at radius 2 is 1.91 bits per heavy atom. The zero-order valence-corrected chi connectivity index (χ0v) is 16.8. The highest BCUT2D eigenvalue weighted by Crippen LogP contribution is 2.14. The number of nitrogens with zero attached hydrogens (tertiary/aromatic N) is 1. The summed E-state index contributed by atoms with van der Waals surface area (Å²) in [4.78, 5) is 4.09. The molecule has 1 aromatic carbocycles. The molecule has 0 aromatic heterocycles. The van der Waals surface area contributed by atoms with E-state index in [9.17, 15) is 12.8 Å². The molecule has 0 heterocycles. The molecule has 0 atom stereocenters. The van der Waals surface area contributed by atoms with Gasteiger partial charge in [-0.15, -0.1) is 24.0 Å². The smallest absolute Gasteiger partial charge is 0.191 e. The van der Waals surface area contributed by atoms with Crippen LogP contribution in [0.4, 0.5) is 4.39 Å². The van der Waals surface area contributed by atoms with Crippen molar-refractivity contribution in [2.45, 2.75) is 25.7 Å². The van der Waals surface area contributed by atoms with Crippen molar-refractivity contribution >= 4 is 39.8 Å². The molecular formula is C15H25FIN3O2S. The van der Waals surface area contributed by atoms with E-state index in [0.717, 1.165) is 6.07 Å². The van der Waals surface area contributed by atoms with Crippen LogP contribution in [-0.2, 0) is 9.84 Å². The van der Waals surface area contributed by atoms with Gasteiger partial charge in [0.25, 0.3) is 0 Å². The second-order valence-electron chi connectivity index (χ2n) is 5.29. The molecule has 0 aliphatic rings. The lowest BCUT2D eigenvalue weighted by molar-refractivity contribution is 0.566. The van der Waals surface area contributed by atoms with Crippen LogP contribution < -0.4 is 10.6 Å². The minimum atomic E-state index is -3.65. The summed E-state index contributed by atoms with van der Waals surface area (Å²) in [5.74, 6) is 0.0699. The first-order valence-electron chi connectivity index (χ1n) is 7.36. The van der Waals surface area contributed by atoms with E-state index < -0.39 is 15.7 Å². The molecule has 0 saturated carbocycles. The van der Waals surface area contributed by atoms with E-state index in [4.69, 9.17) is 0 Å². The minimum absolute atomic E-state index is 0. The zero-order chi connectivity index (χ0) is 16.6. The summed E-state index contributed by atoms with van der Waals surface area (Å²) >= 11 is 0. The molecule has 0 radical (unpaired) electrons. The molecule has 132 valence electrons. The number of hydrogen-bond donors (Lipinski definition) is 2. The fraction of sp³-hybridized carbons (Fsp3) is 0.533. The molecule has 0 amide bonds. The van der Waals surface area contributed by atoms with Crippen LogP contribution in [0.3, 0.4) is 0 Å². The lowest BCUT2D eigenvalue weighted by atomic mass is 10.2. The number of guanidine groups is 1. The molecule has 1 aromatic rings. The lowest BCUT2D eigenvalue weighted by Crippen LogP contribution is -2.39. The number of benzene rings is 1. The van der Waals surface area contributed by atoms with Crippen LogP contribution in [0.5, 0.6) is 0 Å². The number of aliphatic imine (C=N–C) groups is 1. The van der Waals surface area contributed by atoms with E-state index in [-0.39, 0.29) is 41.2 Å². The zero-order valence-electron chi connectivity index (χ0n) is 13.7. The summed E-state index contributed by atoms with van der Waals surface area (Å²) in [5.41, 5.74) is 0. The highest BCUT2D eigenvalue weighted by atomic mass is 127. The molecule has 0 aliphatic heterocycles. The fourth-order valence-electron chi connectivity index (χ4n) is 1.73. The van der Waals surface area contributed by atoms with Crippen LogP contribution in [0.2, 0.25) is 0 Å². The fourth-order valence-corrected chi connectivity index (χ4v) is 2.97. The maximum Gasteiger partial charge on any atom is 0.191 e. The van der Waals surface area contributed by atoms with E-state index in [1.807, 2.05) is 6.92 Å². The summed E-state index contributed by atoms with van der Waals surface area (Å²) < 4.78 is 37.8. The van der Waals surface area contributed by atoms with Crippen molar-refractivity contribution in [2.75, 3.05) is 25.4 Å². The topological polar surface area (TPSA) is 70.6 Å². The van der Waals surface area contributed by atoms with Crippen molar-refractivity contribution < 1.29 is 12.8 Å². The van der Waals surface area contributed by atoms with E-state index in [1.54, 1.807) is 0 Å². The normalized spacial score (nSPS) is 12.0. The van der Waals surface area contributed by atoms with Crippen molar-refractivity contribution in [1.29, 1.82) is 0 Å². The third kappa shape index (κ3) is 7.96. The Morgan fingerprint density at radius 3 is 2.48 bits per heavy atom. The summed E-state index contributed by atoms with van der Waals surface area (Å²) in [7, 11) is -3.65. The van der Waals surface area contributed by atoms with Crippen LogP contribution in [0.1, 0.15) is 20.8 Å². The van der Waals surface area contributed by atoms with Gasteiger partial charge in [0, 0.05) is 19.6 Å². The monoisotopic (exact) mass is 457 g/mol. The highest BCUT2D eigenvalue weighted by molar-refractivity contribution is 14.0. The predicted octanol–water partition coefficient (Wildman–Crippen LogP) is 2.43. The van der Waals surface area contributed by atoms with Gasteiger partial charge in [0.2, 0.25) is 0 Å². The Kier molecular flexibility index (Phi) is 10.4. The molecule has 0 aliphatic carbocycles. The average Bonchev–Trinajstić information content (AvgIpc) is 2.44. The number of rotatable bonds is 7. The SMILES string of the molecule is CCNC(=NCC(C)C)NCCS(=O)(=O)c1ccccc1F.I. The van der Waals surface area contributed by atoms with Crippen molar-refractivity contribution in [3.8, 4) is 0 Å². The van der Waals surface area contributed by atoms with E-state index in [1.165, 1.54) is 18.2 Å². The maximum atomic E-state index is 13.6. The van der Waals surface area contributed by atoms with Crippen molar-refractivity contribution in [3.63, 3.8) is 0 Å². The summed E-state index contributed by atoms with van der Waals surface area (Å²) in [6, 6.07) is 5.41. The number of halogens is 2. The minimum Gasteiger partial charge on any atom is -0.357 e. The Bertz CT molecular complexity index is 606. The van der Waals surface area contributed by atoms with E-state index in [2.05, 4.69) is 29.5 Å². The Labute approximate surface area is 155 Å². The van der Waals surface area contributed by atoms with Crippen molar-refractivity contribution in [3.05, 3.63) is 30.1 Å². The second-order valence-corrected chi connectivity index (χ2v) is 7.37. The van der Waals surface area contributed by atoms with Crippen LogP contribution in [-0.4, -0.2) is 39.8 Å². The number of nitrogens with one attached hydrogen (secondary N) is 2. The summed E-state index contributed by atoms with van der Waals surface area (Å²) in [5, 5.41) is 6.00. The largest absolute Gasteiger partial charge is 0.357 e. The van der Waals surface area contributed by atoms with E-state index >= 15 is 0 Å². The van der Waals surface area contributed by atoms with Gasteiger partial charge in [-0.1, -0.05) is 26.0 Å². The first-order valence-corrected chi connectivity index (χ1v) is 9.01. The van der Waals surface area contributed by atoms with Crippen LogP contribution in [0, 0.1) is 11.7 Å². The van der Waals surface area contributed by atoms with Crippen molar-refractivity contribution in [2.24, 2.45) is 10.9 Å². The standard InChI is InChI=1S/C15H24FN3O2S.HI/c1-4-17-15(19-11-12(2)3)18-9-10-22(20,21)14-8-6-5-7-13(14)16;/h5-8,12H,4,9-11H2,1-3H3,(H2,17,18,19);1H. The molecule has 5 nitrogen and oxygen atoms in total. The Morgan fingerprint density at radius 1 is 1.26 bits per heavy atom. The average molecular weight is 457 g/mol. The van der Waals surface area contributed by atoms with Gasteiger partial charge in [-0.2, -0.15) is 0 Å². The molecule has 2 N–H and O–H groups in total. The second kappa shape index (κ2) is 10.8. The van der Waals surface area contributed by atoms with Crippen LogP contribution >= 0.6 is 24.0 Å². The Hall–Kier alpha value is -0.900. The molecule has 0 bridgehead atoms. The van der Waals surface area contributed by atoms with Gasteiger partial charge < -0.3 is 10.6 Å². The third-order valence-corrected chi connectivity index (χ3v) is 4.54. The van der Waals surface area contributed by atoms with Gasteiger partial charge in [0.05, 0.1) is 5.75 Å². The van der Waals surface area contributed by atoms with Gasteiger partial charge in [-0.3, -0.25) is 4.99 Å². The number of hydrogen-bond acceptors (Lipinski definition) is 3. The third-order valence-electron chi connectivity index (χ3n) is 2.79.